The number of benzene rings is 2. The third-order valence-electron chi connectivity index (χ3n) is 4.77. The Bertz CT molecular complexity index is 953. The van der Waals surface area contributed by atoms with E-state index in [1.807, 2.05) is 17.0 Å². The van der Waals surface area contributed by atoms with E-state index < -0.39 is 10.0 Å². The first kappa shape index (κ1) is 17.5. The van der Waals surface area contributed by atoms with E-state index in [0.717, 1.165) is 48.0 Å². The van der Waals surface area contributed by atoms with Crippen LogP contribution in [-0.2, 0) is 21.2 Å². The van der Waals surface area contributed by atoms with Crippen LogP contribution in [0.1, 0.15) is 24.8 Å². The second-order valence-electron chi connectivity index (χ2n) is 6.77. The van der Waals surface area contributed by atoms with Gasteiger partial charge < -0.3 is 4.90 Å². The first-order valence-electron chi connectivity index (χ1n) is 8.67. The lowest BCUT2D eigenvalue weighted by molar-refractivity contribution is -0.119. The number of nitrogens with zero attached hydrogens (tertiary/aromatic N) is 1. The van der Waals surface area contributed by atoms with Gasteiger partial charge in [0, 0.05) is 28.3 Å². The lowest BCUT2D eigenvalue weighted by Crippen LogP contribution is -2.36. The molecule has 0 atom stereocenters. The second-order valence-corrected chi connectivity index (χ2v) is 9.37. The highest BCUT2D eigenvalue weighted by Crippen LogP contribution is 2.36. The van der Waals surface area contributed by atoms with Crippen molar-refractivity contribution in [3.8, 4) is 0 Å². The molecule has 1 N–H and O–H groups in total. The summed E-state index contributed by atoms with van der Waals surface area (Å²) in [5.74, 6) is 0.380. The van der Waals surface area contributed by atoms with Crippen molar-refractivity contribution in [2.45, 2.75) is 30.6 Å². The molecule has 26 heavy (non-hydrogen) atoms. The lowest BCUT2D eigenvalue weighted by atomic mass is 10.0. The first-order valence-corrected chi connectivity index (χ1v) is 10.9. The monoisotopic (exact) mass is 434 g/mol. The van der Waals surface area contributed by atoms with Crippen molar-refractivity contribution in [3.63, 3.8) is 0 Å². The predicted molar refractivity (Wildman–Crippen MR) is 105 cm³/mol. The molecule has 1 saturated carbocycles. The van der Waals surface area contributed by atoms with Gasteiger partial charge in [0.05, 0.1) is 4.90 Å². The highest BCUT2D eigenvalue weighted by Gasteiger charge is 2.35. The summed E-state index contributed by atoms with van der Waals surface area (Å²) >= 11 is 3.30. The van der Waals surface area contributed by atoms with Crippen LogP contribution >= 0.6 is 15.9 Å². The maximum Gasteiger partial charge on any atom is 0.261 e. The zero-order valence-corrected chi connectivity index (χ0v) is 16.5. The molecule has 0 bridgehead atoms. The normalized spacial score (nSPS) is 16.9. The van der Waals surface area contributed by atoms with Gasteiger partial charge in [0.25, 0.3) is 10.0 Å². The summed E-state index contributed by atoms with van der Waals surface area (Å²) in [4.78, 5) is 14.5. The smallest absolute Gasteiger partial charge is 0.261 e. The molecular weight excluding hydrogens is 416 g/mol. The van der Waals surface area contributed by atoms with Crippen LogP contribution < -0.4 is 9.62 Å². The number of rotatable bonds is 4. The van der Waals surface area contributed by atoms with E-state index in [1.165, 1.54) is 0 Å². The number of halogens is 1. The first-order chi connectivity index (χ1) is 12.4. The minimum atomic E-state index is -3.64. The Kier molecular flexibility index (Phi) is 4.52. The zero-order chi connectivity index (χ0) is 18.3. The Morgan fingerprint density at radius 1 is 1.12 bits per heavy atom. The molecule has 0 aromatic heterocycles. The third-order valence-corrected chi connectivity index (χ3v) is 6.69. The van der Waals surface area contributed by atoms with E-state index in [1.54, 1.807) is 30.3 Å². The molecule has 2 aromatic rings. The Balaban J connectivity index is 1.59. The summed E-state index contributed by atoms with van der Waals surface area (Å²) in [6.07, 6.45) is 3.71. The Morgan fingerprint density at radius 2 is 1.85 bits per heavy atom. The van der Waals surface area contributed by atoms with Gasteiger partial charge in [0.15, 0.2) is 0 Å². The Hall–Kier alpha value is -1.86. The van der Waals surface area contributed by atoms with Crippen molar-refractivity contribution in [1.29, 1.82) is 0 Å². The van der Waals surface area contributed by atoms with Gasteiger partial charge in [0.1, 0.15) is 0 Å². The van der Waals surface area contributed by atoms with Gasteiger partial charge in [-0.25, -0.2) is 8.42 Å². The number of fused-ring (bicyclic) bond motifs is 1. The summed E-state index contributed by atoms with van der Waals surface area (Å²) in [6, 6.07) is 11.9. The number of sulfonamides is 1. The quantitative estimate of drug-likeness (QED) is 0.791. The number of carbonyl (C=O) groups is 1. The minimum absolute atomic E-state index is 0.177. The van der Waals surface area contributed by atoms with E-state index in [4.69, 9.17) is 0 Å². The topological polar surface area (TPSA) is 66.5 Å². The van der Waals surface area contributed by atoms with Crippen molar-refractivity contribution in [2.75, 3.05) is 16.2 Å². The number of hydrogen-bond acceptors (Lipinski definition) is 3. The second kappa shape index (κ2) is 6.70. The molecule has 5 nitrogen and oxygen atoms in total. The maximum atomic E-state index is 12.6. The van der Waals surface area contributed by atoms with Gasteiger partial charge >= 0.3 is 0 Å². The van der Waals surface area contributed by atoms with Crippen LogP contribution in [0.4, 0.5) is 11.4 Å². The zero-order valence-electron chi connectivity index (χ0n) is 14.1. The number of nitrogens with one attached hydrogen (secondary N) is 1. The highest BCUT2D eigenvalue weighted by atomic mass is 79.9. The van der Waals surface area contributed by atoms with E-state index in [9.17, 15) is 13.2 Å². The molecule has 1 aliphatic carbocycles. The molecule has 136 valence electrons. The molecule has 7 heteroatoms. The SMILES string of the molecule is O=C(C1CC1)N1CCCc2cc(NS(=O)(=O)c3ccc(Br)cc3)ccc21. The highest BCUT2D eigenvalue weighted by molar-refractivity contribution is 9.10. The number of amides is 1. The lowest BCUT2D eigenvalue weighted by Gasteiger charge is -2.30. The summed E-state index contributed by atoms with van der Waals surface area (Å²) in [5.41, 5.74) is 2.45. The number of anilines is 2. The van der Waals surface area contributed by atoms with Crippen LogP contribution in [0.5, 0.6) is 0 Å². The van der Waals surface area contributed by atoms with Gasteiger partial charge in [-0.05, 0) is 73.7 Å². The molecule has 0 saturated heterocycles. The molecule has 1 fully saturated rings. The average molecular weight is 435 g/mol. The van der Waals surface area contributed by atoms with Crippen LogP contribution in [0.2, 0.25) is 0 Å². The summed E-state index contributed by atoms with van der Waals surface area (Å²) in [6.45, 7) is 0.742. The molecule has 2 aliphatic rings. The van der Waals surface area contributed by atoms with Crippen LogP contribution in [0.25, 0.3) is 0 Å². The average Bonchev–Trinajstić information content (AvgIpc) is 3.45. The van der Waals surface area contributed by atoms with Crippen LogP contribution in [-0.4, -0.2) is 20.9 Å². The van der Waals surface area contributed by atoms with E-state index >= 15 is 0 Å². The standard InChI is InChI=1S/C19H19BrN2O3S/c20-15-5-8-17(9-6-15)26(24,25)21-16-7-10-18-14(12-16)2-1-11-22(18)19(23)13-3-4-13/h5-10,12-13,21H,1-4,11H2. The van der Waals surface area contributed by atoms with Crippen molar-refractivity contribution in [1.82, 2.24) is 0 Å². The number of aryl methyl sites for hydroxylation is 1. The van der Waals surface area contributed by atoms with Gasteiger partial charge in [-0.2, -0.15) is 0 Å². The molecule has 1 aliphatic heterocycles. The van der Waals surface area contributed by atoms with E-state index in [0.29, 0.717) is 5.69 Å². The minimum Gasteiger partial charge on any atom is -0.312 e. The Labute approximate surface area is 161 Å². The van der Waals surface area contributed by atoms with Gasteiger partial charge in [0.2, 0.25) is 5.91 Å². The Morgan fingerprint density at radius 3 is 2.54 bits per heavy atom. The fourth-order valence-corrected chi connectivity index (χ4v) is 4.58. The van der Waals surface area contributed by atoms with Gasteiger partial charge in [-0.1, -0.05) is 15.9 Å². The summed E-state index contributed by atoms with van der Waals surface area (Å²) in [5, 5.41) is 0. The molecule has 2 aromatic carbocycles. The summed E-state index contributed by atoms with van der Waals surface area (Å²) < 4.78 is 28.6. The largest absolute Gasteiger partial charge is 0.312 e. The predicted octanol–water partition coefficient (Wildman–Crippen LogP) is 3.94. The van der Waals surface area contributed by atoms with Gasteiger partial charge in [-0.15, -0.1) is 0 Å². The number of hydrogen-bond donors (Lipinski definition) is 1. The van der Waals surface area contributed by atoms with Crippen molar-refractivity contribution in [3.05, 3.63) is 52.5 Å². The van der Waals surface area contributed by atoms with Crippen LogP contribution in [0.15, 0.2) is 51.8 Å². The molecule has 1 heterocycles. The van der Waals surface area contributed by atoms with Crippen molar-refractivity contribution in [2.24, 2.45) is 5.92 Å². The van der Waals surface area contributed by atoms with E-state index in [2.05, 4.69) is 20.7 Å². The third kappa shape index (κ3) is 3.50. The fourth-order valence-electron chi connectivity index (χ4n) is 3.27. The summed E-state index contributed by atoms with van der Waals surface area (Å²) in [7, 11) is -3.64. The number of carbonyl (C=O) groups excluding carboxylic acids is 1. The molecule has 4 rings (SSSR count). The molecule has 1 amide bonds. The fraction of sp³-hybridized carbons (Fsp3) is 0.316. The van der Waals surface area contributed by atoms with Crippen LogP contribution in [0, 0.1) is 5.92 Å². The van der Waals surface area contributed by atoms with Gasteiger partial charge in [-0.3, -0.25) is 9.52 Å². The maximum absolute atomic E-state index is 12.6. The molecule has 0 radical (unpaired) electrons. The van der Waals surface area contributed by atoms with Crippen LogP contribution in [0.3, 0.4) is 0 Å². The molecule has 0 unspecified atom stereocenters. The van der Waals surface area contributed by atoms with Crippen molar-refractivity contribution >= 4 is 43.2 Å². The van der Waals surface area contributed by atoms with E-state index in [-0.39, 0.29) is 16.7 Å². The molecular formula is C19H19BrN2O3S. The van der Waals surface area contributed by atoms with Crippen molar-refractivity contribution < 1.29 is 13.2 Å². The molecule has 0 spiro atoms.